The summed E-state index contributed by atoms with van der Waals surface area (Å²) >= 11 is 0. The largest absolute Gasteiger partial charge is 0.406 e. The standard InChI is InChI=1S/C16H26F3N5O2/c1-5-11(6-2)13-7-12(26-23-13)8-21-15(20-3)22-9-14(25)24(4)10-16(17,18)19/h7,11H,5-6,8-10H2,1-4H3,(H2,20,21,22). The van der Waals surface area contributed by atoms with Crippen molar-refractivity contribution in [3.63, 3.8) is 0 Å². The van der Waals surface area contributed by atoms with Gasteiger partial charge in [0, 0.05) is 26.1 Å². The molecule has 0 aliphatic heterocycles. The summed E-state index contributed by atoms with van der Waals surface area (Å²) in [6.07, 6.45) is -2.50. The van der Waals surface area contributed by atoms with Gasteiger partial charge in [0.1, 0.15) is 6.54 Å². The summed E-state index contributed by atoms with van der Waals surface area (Å²) in [5, 5.41) is 9.66. The van der Waals surface area contributed by atoms with Crippen molar-refractivity contribution in [1.82, 2.24) is 20.7 Å². The van der Waals surface area contributed by atoms with Crippen molar-refractivity contribution in [2.75, 3.05) is 27.2 Å². The van der Waals surface area contributed by atoms with Crippen molar-refractivity contribution in [1.29, 1.82) is 0 Å². The van der Waals surface area contributed by atoms with E-state index in [0.29, 0.717) is 23.1 Å². The van der Waals surface area contributed by atoms with Gasteiger partial charge in [-0.2, -0.15) is 13.2 Å². The first-order valence-electron chi connectivity index (χ1n) is 8.40. The Kier molecular flexibility index (Phi) is 8.40. The number of guanidine groups is 1. The Labute approximate surface area is 151 Å². The lowest BCUT2D eigenvalue weighted by Gasteiger charge is -2.19. The van der Waals surface area contributed by atoms with Crippen LogP contribution in [0.15, 0.2) is 15.6 Å². The number of alkyl halides is 3. The van der Waals surface area contributed by atoms with E-state index in [2.05, 4.69) is 34.6 Å². The first-order chi connectivity index (χ1) is 12.2. The van der Waals surface area contributed by atoms with Crippen molar-refractivity contribution < 1.29 is 22.5 Å². The minimum atomic E-state index is -4.43. The zero-order chi connectivity index (χ0) is 19.7. The third kappa shape index (κ3) is 7.32. The van der Waals surface area contributed by atoms with Crippen LogP contribution in [0.3, 0.4) is 0 Å². The van der Waals surface area contributed by atoms with Gasteiger partial charge >= 0.3 is 6.18 Å². The summed E-state index contributed by atoms with van der Waals surface area (Å²) in [7, 11) is 2.59. The van der Waals surface area contributed by atoms with Crippen LogP contribution in [0.1, 0.15) is 44.1 Å². The van der Waals surface area contributed by atoms with E-state index in [1.165, 1.54) is 7.05 Å². The molecule has 0 radical (unpaired) electrons. The molecule has 0 aliphatic rings. The highest BCUT2D eigenvalue weighted by atomic mass is 19.4. The van der Waals surface area contributed by atoms with Crippen LogP contribution in [0.2, 0.25) is 0 Å². The average Bonchev–Trinajstić information content (AvgIpc) is 3.03. The Bertz CT molecular complexity index is 597. The van der Waals surface area contributed by atoms with E-state index in [-0.39, 0.29) is 12.5 Å². The van der Waals surface area contributed by atoms with Gasteiger partial charge in [-0.15, -0.1) is 0 Å². The van der Waals surface area contributed by atoms with Gasteiger partial charge in [-0.05, 0) is 12.8 Å². The first-order valence-corrected chi connectivity index (χ1v) is 8.40. The molecule has 1 rings (SSSR count). The van der Waals surface area contributed by atoms with Crippen molar-refractivity contribution in [2.24, 2.45) is 4.99 Å². The Morgan fingerprint density at radius 1 is 1.35 bits per heavy atom. The lowest BCUT2D eigenvalue weighted by atomic mass is 9.99. The lowest BCUT2D eigenvalue weighted by molar-refractivity contribution is -0.157. The van der Waals surface area contributed by atoms with Gasteiger partial charge in [-0.1, -0.05) is 19.0 Å². The molecular weight excluding hydrogens is 351 g/mol. The SMILES string of the molecule is CCC(CC)c1cc(CNC(=NC)NCC(=O)N(C)CC(F)(F)F)on1. The Morgan fingerprint density at radius 3 is 2.54 bits per heavy atom. The fourth-order valence-electron chi connectivity index (χ4n) is 2.35. The molecule has 1 amide bonds. The molecule has 0 aliphatic carbocycles. The molecule has 0 aromatic carbocycles. The van der Waals surface area contributed by atoms with E-state index < -0.39 is 18.6 Å². The van der Waals surface area contributed by atoms with E-state index >= 15 is 0 Å². The second-order valence-corrected chi connectivity index (χ2v) is 5.88. The normalized spacial score (nSPS) is 12.4. The van der Waals surface area contributed by atoms with Crippen molar-refractivity contribution >= 4 is 11.9 Å². The number of likely N-dealkylation sites (N-methyl/N-ethyl adjacent to an activating group) is 1. The fraction of sp³-hybridized carbons (Fsp3) is 0.688. The number of hydrogen-bond donors (Lipinski definition) is 2. The molecule has 7 nitrogen and oxygen atoms in total. The molecule has 0 spiro atoms. The topological polar surface area (TPSA) is 82.8 Å². The van der Waals surface area contributed by atoms with E-state index in [1.54, 1.807) is 0 Å². The third-order valence-electron chi connectivity index (χ3n) is 3.88. The summed E-state index contributed by atoms with van der Waals surface area (Å²) in [4.78, 5) is 16.2. The van der Waals surface area contributed by atoms with Gasteiger partial charge in [0.25, 0.3) is 0 Å². The Morgan fingerprint density at radius 2 is 2.00 bits per heavy atom. The average molecular weight is 377 g/mol. The number of amides is 1. The van der Waals surface area contributed by atoms with Crippen LogP contribution >= 0.6 is 0 Å². The molecule has 0 bridgehead atoms. The van der Waals surface area contributed by atoms with Gasteiger partial charge in [-0.3, -0.25) is 9.79 Å². The first kappa shape index (κ1) is 21.8. The predicted molar refractivity (Wildman–Crippen MR) is 91.7 cm³/mol. The highest BCUT2D eigenvalue weighted by Gasteiger charge is 2.31. The van der Waals surface area contributed by atoms with Gasteiger partial charge in [0.05, 0.1) is 18.8 Å². The number of hydrogen-bond acceptors (Lipinski definition) is 4. The second-order valence-electron chi connectivity index (χ2n) is 5.88. The van der Waals surface area contributed by atoms with Gasteiger partial charge in [-0.25, -0.2) is 0 Å². The van der Waals surface area contributed by atoms with Crippen molar-refractivity contribution in [3.05, 3.63) is 17.5 Å². The molecular formula is C16H26F3N5O2. The smallest absolute Gasteiger partial charge is 0.359 e. The second kappa shape index (κ2) is 10.0. The number of nitrogens with zero attached hydrogens (tertiary/aromatic N) is 3. The minimum Gasteiger partial charge on any atom is -0.359 e. The number of nitrogens with one attached hydrogen (secondary N) is 2. The summed E-state index contributed by atoms with van der Waals surface area (Å²) in [6.45, 7) is 2.86. The number of rotatable bonds is 8. The molecule has 0 fully saturated rings. The van der Waals surface area contributed by atoms with E-state index in [9.17, 15) is 18.0 Å². The molecule has 1 heterocycles. The van der Waals surface area contributed by atoms with E-state index in [1.807, 2.05) is 6.07 Å². The summed E-state index contributed by atoms with van der Waals surface area (Å²) in [5.41, 5.74) is 0.888. The van der Waals surface area contributed by atoms with Crippen LogP contribution in [-0.4, -0.2) is 55.3 Å². The summed E-state index contributed by atoms with van der Waals surface area (Å²) < 4.78 is 42.1. The summed E-state index contributed by atoms with van der Waals surface area (Å²) in [6, 6.07) is 1.86. The maximum atomic E-state index is 12.3. The highest BCUT2D eigenvalue weighted by Crippen LogP contribution is 2.22. The van der Waals surface area contributed by atoms with Crippen LogP contribution in [0, 0.1) is 0 Å². The van der Waals surface area contributed by atoms with Gasteiger partial charge < -0.3 is 20.1 Å². The Balaban J connectivity index is 2.47. The van der Waals surface area contributed by atoms with Crippen LogP contribution in [-0.2, 0) is 11.3 Å². The molecule has 10 heteroatoms. The molecule has 0 atom stereocenters. The molecule has 1 aromatic heterocycles. The number of aromatic nitrogens is 1. The number of halogens is 3. The molecule has 1 aromatic rings. The van der Waals surface area contributed by atoms with Crippen molar-refractivity contribution in [3.8, 4) is 0 Å². The monoisotopic (exact) mass is 377 g/mol. The zero-order valence-electron chi connectivity index (χ0n) is 15.5. The molecule has 2 N–H and O–H groups in total. The number of carbonyl (C=O) groups is 1. The quantitative estimate of drug-likeness (QED) is 0.536. The van der Waals surface area contributed by atoms with Crippen LogP contribution in [0.25, 0.3) is 0 Å². The fourth-order valence-corrected chi connectivity index (χ4v) is 2.35. The van der Waals surface area contributed by atoms with Crippen LogP contribution in [0.4, 0.5) is 13.2 Å². The third-order valence-corrected chi connectivity index (χ3v) is 3.88. The highest BCUT2D eigenvalue weighted by molar-refractivity contribution is 5.86. The van der Waals surface area contributed by atoms with Crippen LogP contribution in [0.5, 0.6) is 0 Å². The summed E-state index contributed by atoms with van der Waals surface area (Å²) in [5.74, 6) is 0.530. The van der Waals surface area contributed by atoms with Gasteiger partial charge in [0.2, 0.25) is 5.91 Å². The van der Waals surface area contributed by atoms with Gasteiger partial charge in [0.15, 0.2) is 11.7 Å². The van der Waals surface area contributed by atoms with E-state index in [0.717, 1.165) is 25.6 Å². The maximum Gasteiger partial charge on any atom is 0.406 e. The Hall–Kier alpha value is -2.26. The van der Waals surface area contributed by atoms with Crippen molar-refractivity contribution in [2.45, 2.75) is 45.3 Å². The molecule has 0 unspecified atom stereocenters. The molecule has 148 valence electrons. The van der Waals surface area contributed by atoms with Crippen LogP contribution < -0.4 is 10.6 Å². The minimum absolute atomic E-state index is 0.277. The van der Waals surface area contributed by atoms with E-state index in [4.69, 9.17) is 4.52 Å². The number of carbonyl (C=O) groups excluding carboxylic acids is 1. The predicted octanol–water partition coefficient (Wildman–Crippen LogP) is 2.26. The zero-order valence-corrected chi connectivity index (χ0v) is 15.5. The molecule has 0 saturated carbocycles. The lowest BCUT2D eigenvalue weighted by Crippen LogP contribution is -2.45. The molecule has 0 saturated heterocycles. The number of aliphatic imine (C=N–C) groups is 1. The molecule has 26 heavy (non-hydrogen) atoms. The maximum absolute atomic E-state index is 12.3.